The van der Waals surface area contributed by atoms with E-state index in [2.05, 4.69) is 70.8 Å². The minimum Gasteiger partial charge on any atom is -0.371 e. The minimum atomic E-state index is -0.183. The Balaban J connectivity index is 0.00000450. The Hall–Kier alpha value is -1.68. The predicted molar refractivity (Wildman–Crippen MR) is 131 cm³/mol. The van der Waals surface area contributed by atoms with Crippen molar-refractivity contribution >= 4 is 29.9 Å². The van der Waals surface area contributed by atoms with Crippen LogP contribution in [-0.4, -0.2) is 35.8 Å². The molecular formula is C22H36IN5O2. The average Bonchev–Trinajstić information content (AvgIpc) is 3.15. The Morgan fingerprint density at radius 2 is 1.87 bits per heavy atom. The van der Waals surface area contributed by atoms with Crippen molar-refractivity contribution in [2.24, 2.45) is 4.99 Å². The van der Waals surface area contributed by atoms with E-state index in [1.165, 1.54) is 11.1 Å². The molecule has 2 rings (SSSR count). The third kappa shape index (κ3) is 8.59. The van der Waals surface area contributed by atoms with Crippen LogP contribution in [0.15, 0.2) is 33.8 Å². The van der Waals surface area contributed by atoms with E-state index in [-0.39, 0.29) is 35.5 Å². The van der Waals surface area contributed by atoms with Crippen molar-refractivity contribution < 1.29 is 9.26 Å². The number of rotatable bonds is 9. The summed E-state index contributed by atoms with van der Waals surface area (Å²) in [5.74, 6) is 1.76. The fraction of sp³-hybridized carbons (Fsp3) is 0.591. The predicted octanol–water partition coefficient (Wildman–Crippen LogP) is 4.38. The molecule has 0 aliphatic carbocycles. The van der Waals surface area contributed by atoms with Crippen LogP contribution in [0.25, 0.3) is 0 Å². The molecule has 1 heterocycles. The van der Waals surface area contributed by atoms with Crippen LogP contribution in [0.1, 0.15) is 70.5 Å². The third-order valence-corrected chi connectivity index (χ3v) is 4.51. The van der Waals surface area contributed by atoms with Gasteiger partial charge in [0, 0.05) is 19.7 Å². The van der Waals surface area contributed by atoms with Crippen LogP contribution in [0.5, 0.6) is 0 Å². The van der Waals surface area contributed by atoms with Crippen LogP contribution < -0.4 is 10.6 Å². The van der Waals surface area contributed by atoms with Gasteiger partial charge in [0.25, 0.3) is 0 Å². The summed E-state index contributed by atoms with van der Waals surface area (Å²) in [4.78, 5) is 8.89. The first kappa shape index (κ1) is 26.4. The number of halogens is 1. The van der Waals surface area contributed by atoms with Crippen molar-refractivity contribution in [3.05, 3.63) is 47.1 Å². The van der Waals surface area contributed by atoms with E-state index in [0.717, 1.165) is 25.5 Å². The summed E-state index contributed by atoms with van der Waals surface area (Å²) in [6.07, 6.45) is 0.739. The topological polar surface area (TPSA) is 84.6 Å². The van der Waals surface area contributed by atoms with E-state index >= 15 is 0 Å². The summed E-state index contributed by atoms with van der Waals surface area (Å²) in [5, 5.41) is 10.6. The average molecular weight is 529 g/mol. The fourth-order valence-electron chi connectivity index (χ4n) is 2.81. The molecule has 1 aromatic heterocycles. The van der Waals surface area contributed by atoms with Crippen molar-refractivity contribution in [2.45, 2.75) is 66.0 Å². The second-order valence-corrected chi connectivity index (χ2v) is 7.96. The maximum Gasteiger partial charge on any atom is 0.248 e. The van der Waals surface area contributed by atoms with Crippen LogP contribution >= 0.6 is 24.0 Å². The van der Waals surface area contributed by atoms with Crippen molar-refractivity contribution in [1.29, 1.82) is 0 Å². The monoisotopic (exact) mass is 529 g/mol. The van der Waals surface area contributed by atoms with Crippen LogP contribution in [-0.2, 0) is 23.1 Å². The molecule has 0 spiro atoms. The molecule has 168 valence electrons. The van der Waals surface area contributed by atoms with E-state index in [0.29, 0.717) is 24.9 Å². The lowest BCUT2D eigenvalue weighted by atomic mass is 9.86. The lowest BCUT2D eigenvalue weighted by molar-refractivity contribution is 0.0683. The van der Waals surface area contributed by atoms with Gasteiger partial charge in [0.2, 0.25) is 5.89 Å². The van der Waals surface area contributed by atoms with Crippen molar-refractivity contribution in [1.82, 2.24) is 20.8 Å². The molecular weight excluding hydrogens is 493 g/mol. The number of hydrogen-bond donors (Lipinski definition) is 2. The number of nitrogens with zero attached hydrogens (tertiary/aromatic N) is 3. The molecule has 0 fully saturated rings. The van der Waals surface area contributed by atoms with Crippen LogP contribution in [0, 0.1) is 0 Å². The van der Waals surface area contributed by atoms with E-state index in [4.69, 9.17) is 9.26 Å². The van der Waals surface area contributed by atoms with Crippen molar-refractivity contribution in [3.63, 3.8) is 0 Å². The minimum absolute atomic E-state index is 0. The van der Waals surface area contributed by atoms with Gasteiger partial charge in [0.1, 0.15) is 12.6 Å². The highest BCUT2D eigenvalue weighted by Gasteiger charge is 2.14. The lowest BCUT2D eigenvalue weighted by Gasteiger charge is -2.19. The largest absolute Gasteiger partial charge is 0.371 e. The first-order valence-corrected chi connectivity index (χ1v) is 10.4. The molecule has 7 nitrogen and oxygen atoms in total. The Kier molecular flexibility index (Phi) is 11.3. The Bertz CT molecular complexity index is 769. The van der Waals surface area contributed by atoms with Gasteiger partial charge < -0.3 is 19.9 Å². The van der Waals surface area contributed by atoms with Gasteiger partial charge >= 0.3 is 0 Å². The zero-order valence-electron chi connectivity index (χ0n) is 19.0. The molecule has 0 amide bonds. The Morgan fingerprint density at radius 3 is 2.47 bits per heavy atom. The van der Waals surface area contributed by atoms with E-state index < -0.39 is 0 Å². The standard InChI is InChI=1S/C22H35N5O2.HI/c1-7-23-21(25-15-19-26-20(27-29-19)16(3)28-8-2)24-14-13-17-9-11-18(12-10-17)22(4,5)6;/h9-12,16H,7-8,13-15H2,1-6H3,(H2,23,24,25);1H. The SMILES string of the molecule is CCNC(=NCc1nc(C(C)OCC)no1)NCCc1ccc(C(C)(C)C)cc1.I. The first-order valence-electron chi connectivity index (χ1n) is 10.4. The highest BCUT2D eigenvalue weighted by molar-refractivity contribution is 14.0. The molecule has 1 unspecified atom stereocenters. The number of aliphatic imine (C=N–C) groups is 1. The quantitative estimate of drug-likeness (QED) is 0.285. The number of hydrogen-bond acceptors (Lipinski definition) is 5. The highest BCUT2D eigenvalue weighted by Crippen LogP contribution is 2.22. The second kappa shape index (κ2) is 12.9. The molecule has 0 saturated carbocycles. The third-order valence-electron chi connectivity index (χ3n) is 4.51. The maximum absolute atomic E-state index is 5.48. The number of ether oxygens (including phenoxy) is 1. The molecule has 2 N–H and O–H groups in total. The zero-order chi connectivity index (χ0) is 21.3. The van der Waals surface area contributed by atoms with E-state index in [9.17, 15) is 0 Å². The number of nitrogens with one attached hydrogen (secondary N) is 2. The molecule has 30 heavy (non-hydrogen) atoms. The lowest BCUT2D eigenvalue weighted by Crippen LogP contribution is -2.38. The van der Waals surface area contributed by atoms with E-state index in [1.807, 2.05) is 20.8 Å². The molecule has 0 saturated heterocycles. The van der Waals surface area contributed by atoms with Crippen LogP contribution in [0.3, 0.4) is 0 Å². The molecule has 1 aromatic carbocycles. The molecule has 8 heteroatoms. The highest BCUT2D eigenvalue weighted by atomic mass is 127. The van der Waals surface area contributed by atoms with Crippen molar-refractivity contribution in [3.8, 4) is 0 Å². The smallest absolute Gasteiger partial charge is 0.248 e. The molecule has 0 radical (unpaired) electrons. The first-order chi connectivity index (χ1) is 13.8. The van der Waals surface area contributed by atoms with Gasteiger partial charge in [0.05, 0.1) is 0 Å². The number of benzene rings is 1. The van der Waals surface area contributed by atoms with Gasteiger partial charge in [-0.15, -0.1) is 24.0 Å². The normalized spacial score (nSPS) is 12.9. The number of aromatic nitrogens is 2. The summed E-state index contributed by atoms with van der Waals surface area (Å²) >= 11 is 0. The van der Waals surface area contributed by atoms with Gasteiger partial charge in [-0.2, -0.15) is 4.98 Å². The van der Waals surface area contributed by atoms with Gasteiger partial charge in [0.15, 0.2) is 11.8 Å². The van der Waals surface area contributed by atoms with Crippen molar-refractivity contribution in [2.75, 3.05) is 19.7 Å². The van der Waals surface area contributed by atoms with Gasteiger partial charge in [-0.1, -0.05) is 50.2 Å². The Morgan fingerprint density at radius 1 is 1.17 bits per heavy atom. The fourth-order valence-corrected chi connectivity index (χ4v) is 2.81. The summed E-state index contributed by atoms with van der Waals surface area (Å²) in [6, 6.07) is 8.83. The van der Waals surface area contributed by atoms with Gasteiger partial charge in [-0.25, -0.2) is 4.99 Å². The molecule has 2 aromatic rings. The molecule has 0 aliphatic heterocycles. The summed E-state index contributed by atoms with van der Waals surface area (Å²) in [5.41, 5.74) is 2.82. The summed E-state index contributed by atoms with van der Waals surface area (Å²) < 4.78 is 10.8. The van der Waals surface area contributed by atoms with E-state index in [1.54, 1.807) is 0 Å². The molecule has 0 bridgehead atoms. The summed E-state index contributed by atoms with van der Waals surface area (Å²) in [6.45, 7) is 15.1. The summed E-state index contributed by atoms with van der Waals surface area (Å²) in [7, 11) is 0. The Labute approximate surface area is 197 Å². The second-order valence-electron chi connectivity index (χ2n) is 7.96. The zero-order valence-corrected chi connectivity index (χ0v) is 21.3. The molecule has 1 atom stereocenters. The van der Waals surface area contributed by atoms with Gasteiger partial charge in [-0.3, -0.25) is 0 Å². The maximum atomic E-state index is 5.48. The molecule has 0 aliphatic rings. The number of guanidine groups is 1. The van der Waals surface area contributed by atoms with Crippen LogP contribution in [0.4, 0.5) is 0 Å². The van der Waals surface area contributed by atoms with Gasteiger partial charge in [-0.05, 0) is 43.7 Å². The van der Waals surface area contributed by atoms with Crippen LogP contribution in [0.2, 0.25) is 0 Å².